The van der Waals surface area contributed by atoms with E-state index in [0.717, 1.165) is 31.9 Å². The van der Waals surface area contributed by atoms with E-state index in [1.807, 2.05) is 0 Å². The van der Waals surface area contributed by atoms with Crippen LogP contribution in [-0.4, -0.2) is 59.2 Å². The van der Waals surface area contributed by atoms with Crippen LogP contribution in [-0.2, 0) is 9.84 Å². The zero-order valence-electron chi connectivity index (χ0n) is 13.5. The molecule has 3 heterocycles. The van der Waals surface area contributed by atoms with E-state index >= 15 is 0 Å². The maximum Gasteiger partial charge on any atom is 0.153 e. The van der Waals surface area contributed by atoms with Gasteiger partial charge in [0.05, 0.1) is 11.5 Å². The Kier molecular flexibility index (Phi) is 3.76. The number of rotatable bonds is 2. The predicted octanol–water partition coefficient (Wildman–Crippen LogP) is 1.11. The van der Waals surface area contributed by atoms with E-state index in [-0.39, 0.29) is 11.5 Å². The van der Waals surface area contributed by atoms with Crippen molar-refractivity contribution < 1.29 is 8.42 Å². The lowest BCUT2D eigenvalue weighted by Gasteiger charge is -2.29. The van der Waals surface area contributed by atoms with Gasteiger partial charge in [0, 0.05) is 49.5 Å². The second kappa shape index (κ2) is 5.67. The van der Waals surface area contributed by atoms with Crippen molar-refractivity contribution in [3.05, 3.63) is 24.3 Å². The SMILES string of the molecule is O=S1(=O)CCN(c2ccc(N3CCC4(CCNC4)C3)cc2)CC1. The Labute approximate surface area is 138 Å². The van der Waals surface area contributed by atoms with Crippen LogP contribution in [0.3, 0.4) is 0 Å². The van der Waals surface area contributed by atoms with E-state index in [2.05, 4.69) is 39.4 Å². The van der Waals surface area contributed by atoms with Gasteiger partial charge in [0.1, 0.15) is 0 Å². The van der Waals surface area contributed by atoms with E-state index in [9.17, 15) is 8.42 Å². The van der Waals surface area contributed by atoms with Gasteiger partial charge in [-0.1, -0.05) is 0 Å². The van der Waals surface area contributed by atoms with Crippen molar-refractivity contribution >= 4 is 21.2 Å². The molecule has 0 aliphatic carbocycles. The third-order valence-corrected chi connectivity index (χ3v) is 7.30. The van der Waals surface area contributed by atoms with Gasteiger partial charge in [-0.2, -0.15) is 0 Å². The number of nitrogens with zero attached hydrogens (tertiary/aromatic N) is 2. The quantitative estimate of drug-likeness (QED) is 0.877. The number of sulfone groups is 1. The molecule has 23 heavy (non-hydrogen) atoms. The summed E-state index contributed by atoms with van der Waals surface area (Å²) in [5, 5.41) is 3.50. The van der Waals surface area contributed by atoms with Crippen LogP contribution >= 0.6 is 0 Å². The molecule has 6 heteroatoms. The Morgan fingerprint density at radius 2 is 1.57 bits per heavy atom. The summed E-state index contributed by atoms with van der Waals surface area (Å²) in [6.07, 6.45) is 2.58. The van der Waals surface area contributed by atoms with Gasteiger partial charge in [0.15, 0.2) is 9.84 Å². The Morgan fingerprint density at radius 3 is 2.17 bits per heavy atom. The summed E-state index contributed by atoms with van der Waals surface area (Å²) in [7, 11) is -2.81. The van der Waals surface area contributed by atoms with E-state index in [1.54, 1.807) is 0 Å². The summed E-state index contributed by atoms with van der Waals surface area (Å²) in [5.74, 6) is 0.548. The fourth-order valence-corrected chi connectivity index (χ4v) is 5.35. The topological polar surface area (TPSA) is 52.7 Å². The first-order valence-corrected chi connectivity index (χ1v) is 10.4. The number of nitrogens with one attached hydrogen (secondary N) is 1. The van der Waals surface area contributed by atoms with Crippen LogP contribution in [0.15, 0.2) is 24.3 Å². The predicted molar refractivity (Wildman–Crippen MR) is 94.1 cm³/mol. The van der Waals surface area contributed by atoms with Gasteiger partial charge in [-0.25, -0.2) is 8.42 Å². The summed E-state index contributed by atoms with van der Waals surface area (Å²) >= 11 is 0. The minimum atomic E-state index is -2.81. The largest absolute Gasteiger partial charge is 0.371 e. The van der Waals surface area contributed by atoms with Crippen LogP contribution in [0.2, 0.25) is 0 Å². The van der Waals surface area contributed by atoms with Gasteiger partial charge in [0.2, 0.25) is 0 Å². The van der Waals surface area contributed by atoms with Gasteiger partial charge in [-0.05, 0) is 43.7 Å². The molecule has 0 radical (unpaired) electrons. The third-order valence-electron chi connectivity index (χ3n) is 5.69. The van der Waals surface area contributed by atoms with Gasteiger partial charge < -0.3 is 15.1 Å². The molecule has 0 amide bonds. The molecule has 5 nitrogen and oxygen atoms in total. The van der Waals surface area contributed by atoms with Gasteiger partial charge >= 0.3 is 0 Å². The Balaban J connectivity index is 1.42. The lowest BCUT2D eigenvalue weighted by atomic mass is 9.86. The number of hydrogen-bond donors (Lipinski definition) is 1. The first kappa shape index (κ1) is 15.3. The fourth-order valence-electron chi connectivity index (χ4n) is 4.14. The Hall–Kier alpha value is -1.27. The van der Waals surface area contributed by atoms with Crippen LogP contribution in [0.1, 0.15) is 12.8 Å². The standard InChI is InChI=1S/C17H25N3O2S/c21-23(22)11-9-19(10-12-23)15-1-3-16(4-2-15)20-8-6-17(14-20)5-7-18-13-17/h1-4,18H,5-14H2. The lowest BCUT2D eigenvalue weighted by molar-refractivity contribution is 0.369. The van der Waals surface area contributed by atoms with Gasteiger partial charge in [0.25, 0.3) is 0 Å². The molecule has 1 unspecified atom stereocenters. The molecule has 3 aliphatic rings. The third kappa shape index (κ3) is 3.06. The van der Waals surface area contributed by atoms with E-state index < -0.39 is 9.84 Å². The zero-order chi connectivity index (χ0) is 15.9. The highest BCUT2D eigenvalue weighted by atomic mass is 32.2. The van der Waals surface area contributed by atoms with Crippen molar-refractivity contribution in [1.29, 1.82) is 0 Å². The summed E-state index contributed by atoms with van der Waals surface area (Å²) in [6.45, 7) is 5.83. The molecule has 126 valence electrons. The minimum Gasteiger partial charge on any atom is -0.371 e. The number of hydrogen-bond acceptors (Lipinski definition) is 5. The van der Waals surface area contributed by atoms with Crippen molar-refractivity contribution in [2.24, 2.45) is 5.41 Å². The van der Waals surface area contributed by atoms with E-state index in [1.165, 1.54) is 18.5 Å². The average Bonchev–Trinajstić information content (AvgIpc) is 3.18. The first-order chi connectivity index (χ1) is 11.1. The maximum absolute atomic E-state index is 11.5. The minimum absolute atomic E-state index is 0.274. The van der Waals surface area contributed by atoms with Crippen molar-refractivity contribution in [1.82, 2.24) is 5.32 Å². The summed E-state index contributed by atoms with van der Waals surface area (Å²) < 4.78 is 23.1. The Morgan fingerprint density at radius 1 is 0.913 bits per heavy atom. The second-order valence-corrected chi connectivity index (χ2v) is 9.56. The monoisotopic (exact) mass is 335 g/mol. The molecule has 3 aliphatic heterocycles. The first-order valence-electron chi connectivity index (χ1n) is 8.57. The van der Waals surface area contributed by atoms with Gasteiger partial charge in [-0.3, -0.25) is 0 Å². The molecule has 1 spiro atoms. The summed E-state index contributed by atoms with van der Waals surface area (Å²) in [5.41, 5.74) is 2.92. The number of benzene rings is 1. The van der Waals surface area contributed by atoms with E-state index in [4.69, 9.17) is 0 Å². The number of anilines is 2. The highest BCUT2D eigenvalue weighted by Gasteiger charge is 2.40. The molecule has 0 saturated carbocycles. The molecular weight excluding hydrogens is 310 g/mol. The molecule has 3 saturated heterocycles. The summed E-state index contributed by atoms with van der Waals surface area (Å²) in [6, 6.07) is 8.68. The molecule has 1 aromatic carbocycles. The molecule has 1 N–H and O–H groups in total. The molecule has 3 fully saturated rings. The molecular formula is C17H25N3O2S. The van der Waals surface area contributed by atoms with Crippen LogP contribution < -0.4 is 15.1 Å². The van der Waals surface area contributed by atoms with E-state index in [0.29, 0.717) is 18.5 Å². The lowest BCUT2D eigenvalue weighted by Crippen LogP contribution is -2.40. The maximum atomic E-state index is 11.5. The fraction of sp³-hybridized carbons (Fsp3) is 0.647. The molecule has 0 bridgehead atoms. The normalized spacial score (nSPS) is 30.3. The zero-order valence-corrected chi connectivity index (χ0v) is 14.3. The average molecular weight is 335 g/mol. The second-order valence-electron chi connectivity index (χ2n) is 7.25. The van der Waals surface area contributed by atoms with Gasteiger partial charge in [-0.15, -0.1) is 0 Å². The van der Waals surface area contributed by atoms with Crippen molar-refractivity contribution in [3.8, 4) is 0 Å². The van der Waals surface area contributed by atoms with Crippen molar-refractivity contribution in [2.75, 3.05) is 60.6 Å². The highest BCUT2D eigenvalue weighted by molar-refractivity contribution is 7.91. The van der Waals surface area contributed by atoms with Crippen molar-refractivity contribution in [2.45, 2.75) is 12.8 Å². The molecule has 4 rings (SSSR count). The molecule has 1 aromatic rings. The van der Waals surface area contributed by atoms with Crippen LogP contribution in [0.25, 0.3) is 0 Å². The Bertz CT molecular complexity index is 652. The summed E-state index contributed by atoms with van der Waals surface area (Å²) in [4.78, 5) is 4.68. The van der Waals surface area contributed by atoms with Crippen LogP contribution in [0.5, 0.6) is 0 Å². The van der Waals surface area contributed by atoms with Crippen LogP contribution in [0, 0.1) is 5.41 Å². The highest BCUT2D eigenvalue weighted by Crippen LogP contribution is 2.38. The van der Waals surface area contributed by atoms with Crippen LogP contribution in [0.4, 0.5) is 11.4 Å². The van der Waals surface area contributed by atoms with Crippen molar-refractivity contribution in [3.63, 3.8) is 0 Å². The smallest absolute Gasteiger partial charge is 0.153 e. The molecule has 1 atom stereocenters. The molecule has 0 aromatic heterocycles.